The summed E-state index contributed by atoms with van der Waals surface area (Å²) < 4.78 is 99.9. The fourth-order valence-corrected chi connectivity index (χ4v) is 8.47. The van der Waals surface area contributed by atoms with E-state index in [1.165, 1.54) is 58.3 Å². The number of amides is 2. The number of carbonyl (C=O) groups excluding carboxylic acids is 2. The van der Waals surface area contributed by atoms with Gasteiger partial charge in [-0.2, -0.15) is 0 Å². The van der Waals surface area contributed by atoms with E-state index in [0.29, 0.717) is 12.8 Å². The number of nitrogens with zero attached hydrogens (tertiary/aromatic N) is 2. The normalized spacial score (nSPS) is 17.4. The minimum Gasteiger partial charge on any atom is -0.385 e. The second-order valence-electron chi connectivity index (χ2n) is 15.6. The molecule has 3 aliphatic rings. The number of piperidine rings is 1. The number of aliphatic hydroxyl groups is 2. The van der Waals surface area contributed by atoms with Crippen LogP contribution >= 0.6 is 45.2 Å². The molecule has 0 aromatic heterocycles. The lowest BCUT2D eigenvalue weighted by Crippen LogP contribution is -2.72. The first-order valence-corrected chi connectivity index (χ1v) is 21.8. The molecule has 3 heterocycles. The van der Waals surface area contributed by atoms with Crippen LogP contribution in [0.5, 0.6) is 0 Å². The number of benzene rings is 5. The molecule has 3 aliphatic heterocycles. The number of nitrogens with one attached hydrogen (secondary N) is 4. The third kappa shape index (κ3) is 10.5. The predicted octanol–water partition coefficient (Wildman–Crippen LogP) is 8.67. The molecule has 8 rings (SSSR count). The van der Waals surface area contributed by atoms with E-state index in [1.807, 2.05) is 45.2 Å². The van der Waals surface area contributed by atoms with Gasteiger partial charge in [-0.15, -0.1) is 0 Å². The van der Waals surface area contributed by atoms with Crippen molar-refractivity contribution in [1.29, 1.82) is 0 Å². The topological polar surface area (TPSA) is 129 Å². The molecular formula is C44H39F7I2N6O4. The van der Waals surface area contributed by atoms with Crippen LogP contribution < -0.4 is 21.3 Å². The van der Waals surface area contributed by atoms with Gasteiger partial charge in [-0.25, -0.2) is 30.7 Å². The lowest BCUT2D eigenvalue weighted by atomic mass is 9.81. The number of carbonyl (C=O) groups is 2. The molecule has 5 aromatic carbocycles. The number of anilines is 5. The summed E-state index contributed by atoms with van der Waals surface area (Å²) in [5.74, 6) is -7.89. The zero-order valence-electron chi connectivity index (χ0n) is 33.0. The van der Waals surface area contributed by atoms with Crippen molar-refractivity contribution >= 4 is 85.4 Å². The molecule has 1 unspecified atom stereocenters. The number of halogens is 9. The molecule has 10 nitrogen and oxygen atoms in total. The van der Waals surface area contributed by atoms with Crippen molar-refractivity contribution in [2.75, 3.05) is 55.2 Å². The zero-order chi connectivity index (χ0) is 45.2. The van der Waals surface area contributed by atoms with Crippen LogP contribution in [0.4, 0.5) is 59.2 Å². The van der Waals surface area contributed by atoms with Crippen molar-refractivity contribution in [3.05, 3.63) is 144 Å². The molecule has 0 aliphatic carbocycles. The maximum Gasteiger partial charge on any atom is 0.256 e. The van der Waals surface area contributed by atoms with Crippen molar-refractivity contribution in [3.63, 3.8) is 0 Å². The first-order valence-electron chi connectivity index (χ1n) is 19.6. The third-order valence-corrected chi connectivity index (χ3v) is 12.3. The van der Waals surface area contributed by atoms with Crippen molar-refractivity contribution in [2.45, 2.75) is 36.5 Å². The summed E-state index contributed by atoms with van der Waals surface area (Å²) in [5.41, 5.74) is -3.27. The average Bonchev–Trinajstić information content (AvgIpc) is 3.23. The lowest BCUT2D eigenvalue weighted by Gasteiger charge is -2.51. The molecule has 0 bridgehead atoms. The minimum absolute atomic E-state index is 0.0526. The Balaban J connectivity index is 0.000000190. The summed E-state index contributed by atoms with van der Waals surface area (Å²) in [4.78, 5) is 28.6. The highest BCUT2D eigenvalue weighted by Gasteiger charge is 2.50. The number of β-amino-alcohol motifs (C(OH)–C–C–N with tert-alkyl or cyclic N) is 2. The fourth-order valence-electron chi connectivity index (χ4n) is 7.57. The van der Waals surface area contributed by atoms with Gasteiger partial charge in [0, 0.05) is 25.4 Å². The highest BCUT2D eigenvalue weighted by molar-refractivity contribution is 14.1. The first-order chi connectivity index (χ1) is 29.9. The van der Waals surface area contributed by atoms with E-state index in [0.717, 1.165) is 44.0 Å². The first kappa shape index (κ1) is 46.3. The molecule has 332 valence electrons. The van der Waals surface area contributed by atoms with Crippen LogP contribution in [0.1, 0.15) is 40.0 Å². The van der Waals surface area contributed by atoms with Crippen molar-refractivity contribution < 1.29 is 50.5 Å². The van der Waals surface area contributed by atoms with Gasteiger partial charge >= 0.3 is 0 Å². The quantitative estimate of drug-likeness (QED) is 0.0606. The molecule has 5 aromatic rings. The van der Waals surface area contributed by atoms with E-state index in [4.69, 9.17) is 0 Å². The minimum atomic E-state index is -1.32. The lowest BCUT2D eigenvalue weighted by molar-refractivity contribution is -0.108. The van der Waals surface area contributed by atoms with Gasteiger partial charge in [0.1, 0.15) is 28.7 Å². The average molecular weight is 1100 g/mol. The van der Waals surface area contributed by atoms with Crippen LogP contribution in [0.3, 0.4) is 0 Å². The van der Waals surface area contributed by atoms with E-state index in [-0.39, 0.29) is 61.3 Å². The number of likely N-dealkylation sites (tertiary alicyclic amines) is 2. The van der Waals surface area contributed by atoms with Gasteiger partial charge in [0.05, 0.1) is 60.1 Å². The van der Waals surface area contributed by atoms with Gasteiger partial charge < -0.3 is 41.3 Å². The number of rotatable bonds is 10. The Kier molecular flexibility index (Phi) is 14.1. The Labute approximate surface area is 384 Å². The van der Waals surface area contributed by atoms with Gasteiger partial charge in [0.25, 0.3) is 11.8 Å². The van der Waals surface area contributed by atoms with E-state index in [1.54, 1.807) is 18.2 Å². The number of hydrogen-bond donors (Lipinski definition) is 6. The van der Waals surface area contributed by atoms with Crippen LogP contribution in [-0.2, 0) is 0 Å². The van der Waals surface area contributed by atoms with E-state index < -0.39 is 75.1 Å². The van der Waals surface area contributed by atoms with E-state index >= 15 is 0 Å². The SMILES string of the molecule is O=C(c1ccc(F)c(F)c1Nc1ccc(I)cc1F)N1CC(O)(C2CCCCN2)C1.O=C(c1ccc(F)c(F)c1Nc1ccc(I)cc1F)N1CC(O)(CNc2cccc(F)c2)C1. The molecule has 63 heavy (non-hydrogen) atoms. The highest BCUT2D eigenvalue weighted by atomic mass is 127. The molecule has 0 saturated carbocycles. The molecule has 6 N–H and O–H groups in total. The predicted molar refractivity (Wildman–Crippen MR) is 240 cm³/mol. The Morgan fingerprint density at radius 1 is 0.667 bits per heavy atom. The molecule has 3 fully saturated rings. The van der Waals surface area contributed by atoms with E-state index in [2.05, 4.69) is 21.3 Å². The molecule has 0 radical (unpaired) electrons. The van der Waals surface area contributed by atoms with Crippen LogP contribution in [0.2, 0.25) is 0 Å². The van der Waals surface area contributed by atoms with Crippen LogP contribution in [0, 0.1) is 47.9 Å². The van der Waals surface area contributed by atoms with Crippen LogP contribution in [-0.4, -0.2) is 88.3 Å². The number of hydrogen-bond acceptors (Lipinski definition) is 8. The molecular weight excluding hydrogens is 1060 g/mol. The van der Waals surface area contributed by atoms with Crippen LogP contribution in [0.15, 0.2) is 84.9 Å². The Morgan fingerprint density at radius 3 is 1.67 bits per heavy atom. The van der Waals surface area contributed by atoms with Gasteiger partial charge in [0.2, 0.25) is 0 Å². The summed E-state index contributed by atoms with van der Waals surface area (Å²) in [7, 11) is 0. The second-order valence-corrected chi connectivity index (χ2v) is 18.1. The maximum absolute atomic E-state index is 14.6. The Bertz CT molecular complexity index is 2540. The fraction of sp³-hybridized carbons (Fsp3) is 0.273. The Hall–Kier alpha value is -4.71. The summed E-state index contributed by atoms with van der Waals surface area (Å²) in [5, 5.41) is 32.6. The zero-order valence-corrected chi connectivity index (χ0v) is 37.3. The second kappa shape index (κ2) is 19.2. The van der Waals surface area contributed by atoms with Crippen molar-refractivity contribution in [1.82, 2.24) is 15.1 Å². The standard InChI is InChI=1S/C23H18F4IN3O2.C21H21F3IN3O2/c24-13-2-1-3-15(8-13)29-10-23(33)11-31(12-23)22(32)16-5-6-17(25)20(27)21(16)30-19-7-4-14(28)9-18(19)26;22-14-6-5-13(19(18(14)24)27-16-7-4-12(25)9-15(16)23)20(29)28-10-21(30,11-28)17-3-1-2-8-26-17/h1-9,29-30,33H,10-12H2;4-7,9,17,26-27,30H,1-3,8,10-11H2. The van der Waals surface area contributed by atoms with Gasteiger partial charge in [-0.05, 0) is 143 Å². The summed E-state index contributed by atoms with van der Waals surface area (Å²) in [6.45, 7) is 0.908. The van der Waals surface area contributed by atoms with Gasteiger partial charge in [0.15, 0.2) is 23.3 Å². The van der Waals surface area contributed by atoms with Crippen LogP contribution in [0.25, 0.3) is 0 Å². The molecule has 0 spiro atoms. The third-order valence-electron chi connectivity index (χ3n) is 10.9. The molecule has 19 heteroatoms. The maximum atomic E-state index is 14.6. The van der Waals surface area contributed by atoms with Gasteiger partial charge in [-0.3, -0.25) is 9.59 Å². The molecule has 3 saturated heterocycles. The van der Waals surface area contributed by atoms with Gasteiger partial charge in [-0.1, -0.05) is 12.5 Å². The van der Waals surface area contributed by atoms with Crippen molar-refractivity contribution in [3.8, 4) is 0 Å². The highest BCUT2D eigenvalue weighted by Crippen LogP contribution is 2.35. The largest absolute Gasteiger partial charge is 0.385 e. The monoisotopic (exact) mass is 1100 g/mol. The summed E-state index contributed by atoms with van der Waals surface area (Å²) in [6, 6.07) is 18.0. The smallest absolute Gasteiger partial charge is 0.256 e. The summed E-state index contributed by atoms with van der Waals surface area (Å²) >= 11 is 3.84. The van der Waals surface area contributed by atoms with E-state index in [9.17, 15) is 50.5 Å². The molecule has 2 amide bonds. The Morgan fingerprint density at radius 2 is 1.19 bits per heavy atom. The van der Waals surface area contributed by atoms with Crippen molar-refractivity contribution in [2.24, 2.45) is 0 Å². The molecule has 1 atom stereocenters. The summed E-state index contributed by atoms with van der Waals surface area (Å²) in [6.07, 6.45) is 2.88.